The Labute approximate surface area is 167 Å². The van der Waals surface area contributed by atoms with Crippen LogP contribution in [0.4, 0.5) is 5.69 Å². The van der Waals surface area contributed by atoms with Crippen molar-refractivity contribution < 1.29 is 9.53 Å². The molecule has 0 saturated carbocycles. The number of hydrogen-bond acceptors (Lipinski definition) is 8. The van der Waals surface area contributed by atoms with Gasteiger partial charge in [0.25, 0.3) is 5.91 Å². The number of methoxy groups -OCH3 is 1. The number of ether oxygens (including phenoxy) is 1. The molecule has 0 aliphatic carbocycles. The van der Waals surface area contributed by atoms with Crippen molar-refractivity contribution in [3.63, 3.8) is 0 Å². The van der Waals surface area contributed by atoms with Gasteiger partial charge in [-0.25, -0.2) is 9.98 Å². The van der Waals surface area contributed by atoms with Gasteiger partial charge in [0, 0.05) is 30.4 Å². The highest BCUT2D eigenvalue weighted by atomic mass is 32.2. The van der Waals surface area contributed by atoms with E-state index in [1.165, 1.54) is 24.0 Å². The Morgan fingerprint density at radius 1 is 1.46 bits per heavy atom. The molecule has 0 aromatic carbocycles. The number of anilines is 1. The third-order valence-electron chi connectivity index (χ3n) is 4.32. The molecule has 1 aliphatic rings. The lowest BCUT2D eigenvalue weighted by molar-refractivity contribution is 0.102. The summed E-state index contributed by atoms with van der Waals surface area (Å²) >= 11 is 1.50. The van der Waals surface area contributed by atoms with E-state index in [4.69, 9.17) is 15.7 Å². The monoisotopic (exact) mass is 396 g/mol. The van der Waals surface area contributed by atoms with Crippen LogP contribution in [-0.4, -0.2) is 40.0 Å². The summed E-state index contributed by atoms with van der Waals surface area (Å²) < 4.78 is 5.26. The van der Waals surface area contributed by atoms with Crippen molar-refractivity contribution >= 4 is 28.5 Å². The minimum absolute atomic E-state index is 0.176. The number of aromatic nitrogens is 2. The van der Waals surface area contributed by atoms with Crippen LogP contribution in [0.25, 0.3) is 0 Å². The van der Waals surface area contributed by atoms with Gasteiger partial charge in [0.15, 0.2) is 5.17 Å². The van der Waals surface area contributed by atoms with E-state index in [0.29, 0.717) is 35.1 Å². The lowest BCUT2D eigenvalue weighted by Crippen LogP contribution is -2.35. The molecule has 2 aromatic rings. The average Bonchev–Trinajstić information content (AvgIpc) is 2.68. The first kappa shape index (κ1) is 19.8. The van der Waals surface area contributed by atoms with Gasteiger partial charge in [-0.15, -0.1) is 0 Å². The minimum atomic E-state index is -0.605. The molecular weight excluding hydrogens is 376 g/mol. The molecule has 9 heteroatoms. The first-order chi connectivity index (χ1) is 13.4. The van der Waals surface area contributed by atoms with Crippen LogP contribution in [0.1, 0.15) is 35.1 Å². The molecule has 3 N–H and O–H groups in total. The molecule has 8 nitrogen and oxygen atoms in total. The quantitative estimate of drug-likeness (QED) is 0.794. The number of rotatable bonds is 5. The number of nitrogens with two attached hydrogens (primary N) is 1. The van der Waals surface area contributed by atoms with Crippen molar-refractivity contribution in [1.29, 1.82) is 5.26 Å². The van der Waals surface area contributed by atoms with E-state index in [1.54, 1.807) is 31.5 Å². The van der Waals surface area contributed by atoms with Crippen molar-refractivity contribution in [2.75, 3.05) is 19.0 Å². The van der Waals surface area contributed by atoms with Gasteiger partial charge in [-0.3, -0.25) is 9.78 Å². The molecule has 3 heterocycles. The summed E-state index contributed by atoms with van der Waals surface area (Å²) in [5.41, 5.74) is 7.32. The van der Waals surface area contributed by atoms with Crippen LogP contribution in [0.15, 0.2) is 41.7 Å². The van der Waals surface area contributed by atoms with E-state index in [1.807, 2.05) is 13.0 Å². The Kier molecular flexibility index (Phi) is 5.92. The van der Waals surface area contributed by atoms with E-state index >= 15 is 0 Å². The second kappa shape index (κ2) is 8.37. The van der Waals surface area contributed by atoms with E-state index in [0.717, 1.165) is 0 Å². The largest absolute Gasteiger partial charge is 0.384 e. The van der Waals surface area contributed by atoms with E-state index in [9.17, 15) is 4.79 Å². The molecule has 0 radical (unpaired) electrons. The van der Waals surface area contributed by atoms with Crippen LogP contribution in [-0.2, 0) is 10.3 Å². The summed E-state index contributed by atoms with van der Waals surface area (Å²) in [6.07, 6.45) is 3.70. The zero-order valence-electron chi connectivity index (χ0n) is 15.5. The zero-order chi connectivity index (χ0) is 20.1. The van der Waals surface area contributed by atoms with Crippen molar-refractivity contribution in [3.05, 3.63) is 53.6 Å². The number of amides is 1. The molecule has 2 atom stereocenters. The van der Waals surface area contributed by atoms with Gasteiger partial charge in [-0.2, -0.15) is 5.26 Å². The molecule has 0 fully saturated rings. The highest BCUT2D eigenvalue weighted by Crippen LogP contribution is 2.38. The van der Waals surface area contributed by atoms with Gasteiger partial charge in [-0.1, -0.05) is 11.8 Å². The van der Waals surface area contributed by atoms with Crippen molar-refractivity contribution in [2.24, 2.45) is 10.7 Å². The van der Waals surface area contributed by atoms with Gasteiger partial charge in [-0.05, 0) is 37.6 Å². The Morgan fingerprint density at radius 3 is 2.96 bits per heavy atom. The summed E-state index contributed by atoms with van der Waals surface area (Å²) in [6.45, 7) is 2.54. The first-order valence-corrected chi connectivity index (χ1v) is 9.46. The number of thioether (sulfide) groups is 1. The predicted octanol–water partition coefficient (Wildman–Crippen LogP) is 2.28. The molecule has 0 bridgehead atoms. The zero-order valence-corrected chi connectivity index (χ0v) is 16.4. The number of carbonyl (C=O) groups is 1. The maximum Gasteiger partial charge on any atom is 0.274 e. The van der Waals surface area contributed by atoms with Crippen LogP contribution >= 0.6 is 11.8 Å². The lowest BCUT2D eigenvalue weighted by Gasteiger charge is -2.33. The van der Waals surface area contributed by atoms with Crippen LogP contribution < -0.4 is 11.1 Å². The van der Waals surface area contributed by atoms with E-state index < -0.39 is 5.54 Å². The number of pyridine rings is 2. The topological polar surface area (TPSA) is 126 Å². The molecule has 0 spiro atoms. The van der Waals surface area contributed by atoms with Crippen molar-refractivity contribution in [3.8, 4) is 6.07 Å². The summed E-state index contributed by atoms with van der Waals surface area (Å²) in [5.74, 6) is -0.369. The summed E-state index contributed by atoms with van der Waals surface area (Å²) in [7, 11) is 1.66. The van der Waals surface area contributed by atoms with Gasteiger partial charge < -0.3 is 15.8 Å². The Balaban J connectivity index is 1.80. The van der Waals surface area contributed by atoms with Crippen LogP contribution in [0, 0.1) is 11.3 Å². The fourth-order valence-corrected chi connectivity index (χ4v) is 4.21. The molecule has 28 heavy (non-hydrogen) atoms. The summed E-state index contributed by atoms with van der Waals surface area (Å²) in [6, 6.07) is 8.52. The smallest absolute Gasteiger partial charge is 0.274 e. The number of nitrogens with one attached hydrogen (secondary N) is 1. The number of nitrogens with zero attached hydrogens (tertiary/aromatic N) is 4. The average molecular weight is 396 g/mol. The first-order valence-electron chi connectivity index (χ1n) is 8.58. The highest BCUT2D eigenvalue weighted by molar-refractivity contribution is 8.14. The molecular formula is C19H20N6O2S. The molecule has 0 saturated heterocycles. The van der Waals surface area contributed by atoms with Gasteiger partial charge in [0.1, 0.15) is 17.3 Å². The maximum absolute atomic E-state index is 12.4. The molecule has 1 aliphatic heterocycles. The Bertz CT molecular complexity index is 940. The summed E-state index contributed by atoms with van der Waals surface area (Å²) in [5, 5.41) is 12.3. The Morgan fingerprint density at radius 2 is 2.29 bits per heavy atom. The second-order valence-corrected chi connectivity index (χ2v) is 7.87. The molecule has 144 valence electrons. The van der Waals surface area contributed by atoms with Crippen molar-refractivity contribution in [1.82, 2.24) is 9.97 Å². The fraction of sp³-hybridized carbons (Fsp3) is 0.316. The minimum Gasteiger partial charge on any atom is -0.384 e. The van der Waals surface area contributed by atoms with E-state index in [2.05, 4.69) is 20.3 Å². The Hall–Kier alpha value is -2.96. The predicted molar refractivity (Wildman–Crippen MR) is 108 cm³/mol. The van der Waals surface area contributed by atoms with Crippen LogP contribution in [0.2, 0.25) is 0 Å². The second-order valence-electron chi connectivity index (χ2n) is 6.55. The van der Waals surface area contributed by atoms with Gasteiger partial charge in [0.2, 0.25) is 0 Å². The molecule has 0 unspecified atom stereocenters. The normalized spacial score (nSPS) is 21.5. The van der Waals surface area contributed by atoms with Crippen LogP contribution in [0.5, 0.6) is 0 Å². The van der Waals surface area contributed by atoms with Crippen molar-refractivity contribution in [2.45, 2.75) is 24.1 Å². The maximum atomic E-state index is 12.4. The molecule has 3 rings (SSSR count). The highest BCUT2D eigenvalue weighted by Gasteiger charge is 2.36. The molecule has 1 amide bonds. The lowest BCUT2D eigenvalue weighted by atomic mass is 9.91. The summed E-state index contributed by atoms with van der Waals surface area (Å²) in [4.78, 5) is 25.5. The third kappa shape index (κ3) is 4.47. The molecule has 2 aromatic heterocycles. The fourth-order valence-electron chi connectivity index (χ4n) is 3.00. The number of aliphatic imine (C=N–C) groups is 1. The number of hydrogen-bond donors (Lipinski definition) is 2. The van der Waals surface area contributed by atoms with Gasteiger partial charge >= 0.3 is 0 Å². The SMILES string of the molecule is COC[C@@H]1C[C@@](C)(c2cc(NC(=O)c3ccc(C#N)cn3)ccn2)N=C(N)S1. The number of amidine groups is 1. The standard InChI is InChI=1S/C19H20N6O2S/c1-19(8-14(11-27-2)28-18(21)25-19)16-7-13(5-6-22-16)24-17(26)15-4-3-12(9-20)10-23-15/h3-7,10,14H,8,11H2,1-2H3,(H2,21,25)(H,22,24,26)/t14-,19-/m0/s1. The third-order valence-corrected chi connectivity index (χ3v) is 5.29. The van der Waals surface area contributed by atoms with Crippen LogP contribution in [0.3, 0.4) is 0 Å². The van der Waals surface area contributed by atoms with E-state index in [-0.39, 0.29) is 16.9 Å². The number of nitriles is 1. The van der Waals surface area contributed by atoms with Gasteiger partial charge in [0.05, 0.1) is 17.9 Å². The number of carbonyl (C=O) groups excluding carboxylic acids is 1.